The van der Waals surface area contributed by atoms with Gasteiger partial charge >= 0.3 is 0 Å². The molecule has 1 fully saturated rings. The lowest BCUT2D eigenvalue weighted by Gasteiger charge is -2.16. The lowest BCUT2D eigenvalue weighted by Crippen LogP contribution is -2.27. The number of hydrogen-bond donors (Lipinski definition) is 2. The molecule has 1 heterocycles. The minimum Gasteiger partial charge on any atom is -0.497 e. The van der Waals surface area contributed by atoms with Crippen molar-refractivity contribution in [3.8, 4) is 5.75 Å². The second kappa shape index (κ2) is 6.15. The van der Waals surface area contributed by atoms with Crippen LogP contribution in [0.15, 0.2) is 48.5 Å². The molecule has 1 aliphatic rings. The average molecular weight is 364 g/mol. The zero-order valence-electron chi connectivity index (χ0n) is 16.3. The van der Waals surface area contributed by atoms with Crippen LogP contribution in [0.5, 0.6) is 5.75 Å². The molecule has 142 valence electrons. The van der Waals surface area contributed by atoms with E-state index in [-0.39, 0.29) is 12.7 Å². The van der Waals surface area contributed by atoms with E-state index in [1.54, 1.807) is 7.11 Å². The molecule has 0 bridgehead atoms. The summed E-state index contributed by atoms with van der Waals surface area (Å²) in [6, 6.07) is 16.0. The maximum atomic E-state index is 13.0. The first kappa shape index (κ1) is 17.7. The summed E-state index contributed by atoms with van der Waals surface area (Å²) in [4.78, 5) is 16.5. The third kappa shape index (κ3) is 3.20. The highest BCUT2D eigenvalue weighted by Crippen LogP contribution is 2.49. The van der Waals surface area contributed by atoms with E-state index in [0.29, 0.717) is 0 Å². The van der Waals surface area contributed by atoms with Gasteiger partial charge in [0.2, 0.25) is 5.91 Å². The molecule has 1 saturated carbocycles. The fourth-order valence-corrected chi connectivity index (χ4v) is 3.55. The Bertz CT molecular complexity index is 996. The molecule has 1 amide bonds. The monoisotopic (exact) mass is 364 g/mol. The quantitative estimate of drug-likeness (QED) is 0.652. The summed E-state index contributed by atoms with van der Waals surface area (Å²) in [6.07, 6.45) is 1.76. The molecule has 0 atom stereocenters. The molecule has 0 unspecified atom stereocenters. The number of carbonyl (C=O) groups is 1. The lowest BCUT2D eigenvalue weighted by molar-refractivity contribution is -0.118. The molecule has 27 heavy (non-hydrogen) atoms. The van der Waals surface area contributed by atoms with E-state index in [0.717, 1.165) is 40.7 Å². The highest BCUT2D eigenvalue weighted by molar-refractivity contribution is 6.02. The molecule has 4 nitrogen and oxygen atoms in total. The Hall–Kier alpha value is -2.75. The second-order valence-corrected chi connectivity index (χ2v) is 8.50. The van der Waals surface area contributed by atoms with Crippen molar-refractivity contribution in [2.24, 2.45) is 0 Å². The van der Waals surface area contributed by atoms with Crippen LogP contribution in [-0.4, -0.2) is 18.0 Å². The van der Waals surface area contributed by atoms with Crippen molar-refractivity contribution in [1.29, 1.82) is 0 Å². The van der Waals surface area contributed by atoms with Crippen LogP contribution in [0, 0.1) is 0 Å². The number of methoxy groups -OCH3 is 1. The van der Waals surface area contributed by atoms with Gasteiger partial charge in [0.25, 0.3) is 0 Å². The standard InChI is InChI=1S/C23H26N2O2.H2/c1-22(2,3)20-14-15-13-17(7-10-19(15)25-20)24-21(26)23(11-12-23)16-5-8-18(27-4)9-6-16;/h5-10,13-14,25H,11-12H2,1-4H3,(H,24,26);1H. The van der Waals surface area contributed by atoms with Crippen molar-refractivity contribution >= 4 is 22.5 Å². The molecule has 0 spiro atoms. The van der Waals surface area contributed by atoms with E-state index in [2.05, 4.69) is 37.1 Å². The number of hydrogen-bond acceptors (Lipinski definition) is 2. The van der Waals surface area contributed by atoms with E-state index >= 15 is 0 Å². The molecular weight excluding hydrogens is 336 g/mol. The van der Waals surface area contributed by atoms with Crippen molar-refractivity contribution < 1.29 is 11.0 Å². The van der Waals surface area contributed by atoms with Gasteiger partial charge in [-0.1, -0.05) is 32.9 Å². The summed E-state index contributed by atoms with van der Waals surface area (Å²) in [5, 5.41) is 4.25. The number of aromatic nitrogens is 1. The highest BCUT2D eigenvalue weighted by Gasteiger charge is 2.51. The Balaban J connectivity index is 0.00000225. The van der Waals surface area contributed by atoms with E-state index in [1.165, 1.54) is 5.69 Å². The molecule has 0 saturated heterocycles. The van der Waals surface area contributed by atoms with Gasteiger partial charge in [-0.15, -0.1) is 0 Å². The maximum absolute atomic E-state index is 13.0. The molecule has 4 rings (SSSR count). The molecule has 1 aliphatic carbocycles. The fraction of sp³-hybridized carbons (Fsp3) is 0.348. The second-order valence-electron chi connectivity index (χ2n) is 8.50. The van der Waals surface area contributed by atoms with E-state index < -0.39 is 5.41 Å². The molecule has 2 N–H and O–H groups in total. The predicted molar refractivity (Wildman–Crippen MR) is 112 cm³/mol. The molecule has 4 heteroatoms. The van der Waals surface area contributed by atoms with Gasteiger partial charge in [-0.05, 0) is 54.8 Å². The van der Waals surface area contributed by atoms with Crippen LogP contribution in [0.3, 0.4) is 0 Å². The normalized spacial score (nSPS) is 15.6. The van der Waals surface area contributed by atoms with Gasteiger partial charge in [0, 0.05) is 29.1 Å². The first-order valence-corrected chi connectivity index (χ1v) is 9.41. The van der Waals surface area contributed by atoms with Crippen molar-refractivity contribution in [2.45, 2.75) is 44.4 Å². The number of H-pyrrole nitrogens is 1. The number of benzene rings is 2. The lowest BCUT2D eigenvalue weighted by atomic mass is 9.92. The van der Waals surface area contributed by atoms with E-state index in [1.807, 2.05) is 42.5 Å². The van der Waals surface area contributed by atoms with Crippen LogP contribution in [0.1, 0.15) is 46.3 Å². The third-order valence-corrected chi connectivity index (χ3v) is 5.51. The Kier molecular flexibility index (Phi) is 4.02. The van der Waals surface area contributed by atoms with Crippen LogP contribution in [-0.2, 0) is 15.6 Å². The smallest absolute Gasteiger partial charge is 0.235 e. The van der Waals surface area contributed by atoms with E-state index in [4.69, 9.17) is 4.74 Å². The maximum Gasteiger partial charge on any atom is 0.235 e. The zero-order valence-corrected chi connectivity index (χ0v) is 16.3. The van der Waals surface area contributed by atoms with Crippen molar-refractivity contribution in [3.63, 3.8) is 0 Å². The number of nitrogens with one attached hydrogen (secondary N) is 2. The van der Waals surface area contributed by atoms with Crippen LogP contribution in [0.4, 0.5) is 5.69 Å². The number of carbonyl (C=O) groups excluding carboxylic acids is 1. The molecule has 3 aromatic rings. The summed E-state index contributed by atoms with van der Waals surface area (Å²) in [7, 11) is 1.65. The summed E-state index contributed by atoms with van der Waals surface area (Å²) in [5.74, 6) is 0.876. The van der Waals surface area contributed by atoms with Gasteiger partial charge in [-0.25, -0.2) is 0 Å². The van der Waals surface area contributed by atoms with Crippen LogP contribution in [0.2, 0.25) is 0 Å². The first-order chi connectivity index (χ1) is 12.8. The van der Waals surface area contributed by atoms with Crippen LogP contribution in [0.25, 0.3) is 10.9 Å². The van der Waals surface area contributed by atoms with Gasteiger partial charge in [0.1, 0.15) is 5.75 Å². The van der Waals surface area contributed by atoms with Crippen LogP contribution >= 0.6 is 0 Å². The Morgan fingerprint density at radius 3 is 2.41 bits per heavy atom. The summed E-state index contributed by atoms with van der Waals surface area (Å²) < 4.78 is 5.22. The van der Waals surface area contributed by atoms with Gasteiger partial charge < -0.3 is 15.0 Å². The molecule has 0 aliphatic heterocycles. The van der Waals surface area contributed by atoms with Crippen molar-refractivity contribution in [1.82, 2.24) is 4.98 Å². The van der Waals surface area contributed by atoms with Gasteiger partial charge in [0.15, 0.2) is 0 Å². The number of rotatable bonds is 4. The van der Waals surface area contributed by atoms with Crippen LogP contribution < -0.4 is 10.1 Å². The number of anilines is 1. The number of fused-ring (bicyclic) bond motifs is 1. The number of ether oxygens (including phenoxy) is 1. The minimum absolute atomic E-state index is 0. The highest BCUT2D eigenvalue weighted by atomic mass is 16.5. The molecule has 1 aromatic heterocycles. The van der Waals surface area contributed by atoms with Crippen molar-refractivity contribution in [3.05, 3.63) is 59.8 Å². The molecule has 0 radical (unpaired) electrons. The Morgan fingerprint density at radius 1 is 1.11 bits per heavy atom. The topological polar surface area (TPSA) is 54.1 Å². The first-order valence-electron chi connectivity index (χ1n) is 9.41. The fourth-order valence-electron chi connectivity index (χ4n) is 3.55. The number of amides is 1. The van der Waals surface area contributed by atoms with Gasteiger partial charge in [0.05, 0.1) is 12.5 Å². The largest absolute Gasteiger partial charge is 0.497 e. The summed E-state index contributed by atoms with van der Waals surface area (Å²) in [6.45, 7) is 6.56. The summed E-state index contributed by atoms with van der Waals surface area (Å²) in [5.41, 5.74) is 3.84. The molecular formula is C23H28N2O2. The predicted octanol–water partition coefficient (Wildman–Crippen LogP) is 5.39. The third-order valence-electron chi connectivity index (χ3n) is 5.51. The van der Waals surface area contributed by atoms with Gasteiger partial charge in [-0.3, -0.25) is 4.79 Å². The van der Waals surface area contributed by atoms with E-state index in [9.17, 15) is 4.79 Å². The average Bonchev–Trinajstić information content (AvgIpc) is 3.34. The van der Waals surface area contributed by atoms with Crippen molar-refractivity contribution in [2.75, 3.05) is 12.4 Å². The Morgan fingerprint density at radius 2 is 1.81 bits per heavy atom. The zero-order chi connectivity index (χ0) is 19.2. The Labute approximate surface area is 161 Å². The summed E-state index contributed by atoms with van der Waals surface area (Å²) >= 11 is 0. The van der Waals surface area contributed by atoms with Gasteiger partial charge in [-0.2, -0.15) is 0 Å². The SMILES string of the molecule is COc1ccc(C2(C(=O)Nc3ccc4[nH]c(C(C)(C)C)cc4c3)CC2)cc1.[HH]. The molecule has 2 aromatic carbocycles. The minimum atomic E-state index is -0.407. The number of aromatic amines is 1.